The Morgan fingerprint density at radius 1 is 1.48 bits per heavy atom. The van der Waals surface area contributed by atoms with Gasteiger partial charge in [-0.25, -0.2) is 0 Å². The molecular weight excluding hydrogens is 344 g/mol. The largest absolute Gasteiger partial charge is 0.385 e. The highest BCUT2D eigenvalue weighted by Gasteiger charge is 2.34. The molecule has 0 aliphatic carbocycles. The molecule has 1 aliphatic rings. The molecule has 1 heterocycles. The molecule has 2 amide bonds. The van der Waals surface area contributed by atoms with E-state index in [0.717, 1.165) is 4.90 Å². The summed E-state index contributed by atoms with van der Waals surface area (Å²) >= 11 is 0. The van der Waals surface area contributed by atoms with Crippen LogP contribution in [0.1, 0.15) is 64.9 Å². The molecular formula is C21H30N2O4. The van der Waals surface area contributed by atoms with Crippen LogP contribution >= 0.6 is 0 Å². The van der Waals surface area contributed by atoms with Gasteiger partial charge >= 0.3 is 0 Å². The molecule has 5 atom stereocenters. The van der Waals surface area contributed by atoms with Crippen molar-refractivity contribution < 1.29 is 33.2 Å². The Balaban J connectivity index is 2.46. The number of aliphatic hydroxyl groups is 1. The molecule has 0 radical (unpaired) electrons. The molecule has 0 saturated heterocycles. The number of rotatable bonds is 6. The summed E-state index contributed by atoms with van der Waals surface area (Å²) in [6, 6.07) is -5.51. The molecule has 2 rings (SSSR count). The molecule has 6 nitrogen and oxygen atoms in total. The summed E-state index contributed by atoms with van der Waals surface area (Å²) < 4.78 is 78.9. The molecule has 1 aromatic rings. The maximum atomic E-state index is 13.3. The molecule has 0 saturated carbocycles. The summed E-state index contributed by atoms with van der Waals surface area (Å²) in [7, 11) is 1.29. The van der Waals surface area contributed by atoms with Gasteiger partial charge < -0.3 is 15.3 Å². The first-order valence-electron chi connectivity index (χ1n) is 13.4. The van der Waals surface area contributed by atoms with Crippen molar-refractivity contribution >= 4 is 17.6 Å². The highest BCUT2D eigenvalue weighted by atomic mass is 16.3. The Bertz CT molecular complexity index is 1130. The minimum absolute atomic E-state index is 0.0292. The van der Waals surface area contributed by atoms with Crippen LogP contribution in [-0.2, 0) is 20.8 Å². The van der Waals surface area contributed by atoms with Crippen LogP contribution in [0.3, 0.4) is 0 Å². The maximum Gasteiger partial charge on any atom is 0.249 e. The van der Waals surface area contributed by atoms with Crippen molar-refractivity contribution in [3.8, 4) is 0 Å². The fraction of sp³-hybridized carbons (Fsp3) is 0.571. The summed E-state index contributed by atoms with van der Waals surface area (Å²) in [4.78, 5) is 39.9. The molecule has 2 N–H and O–H groups in total. The number of nitrogens with zero attached hydrogens (tertiary/aromatic N) is 1. The van der Waals surface area contributed by atoms with E-state index in [1.165, 1.54) is 20.9 Å². The predicted molar refractivity (Wildman–Crippen MR) is 103 cm³/mol. The van der Waals surface area contributed by atoms with Crippen LogP contribution < -0.4 is 5.32 Å². The van der Waals surface area contributed by atoms with Gasteiger partial charge in [0.25, 0.3) is 0 Å². The zero-order chi connectivity index (χ0) is 29.0. The van der Waals surface area contributed by atoms with Gasteiger partial charge in [-0.1, -0.05) is 44.9 Å². The third kappa shape index (κ3) is 4.75. The fourth-order valence-electron chi connectivity index (χ4n) is 2.71. The highest BCUT2D eigenvalue weighted by molar-refractivity contribution is 5.93. The lowest BCUT2D eigenvalue weighted by Gasteiger charge is -2.26. The van der Waals surface area contributed by atoms with E-state index in [1.54, 1.807) is 0 Å². The van der Waals surface area contributed by atoms with Crippen LogP contribution in [0, 0.1) is 11.8 Å². The van der Waals surface area contributed by atoms with E-state index in [4.69, 9.17) is 13.7 Å². The second kappa shape index (κ2) is 8.65. The van der Waals surface area contributed by atoms with Gasteiger partial charge in [-0.05, 0) is 30.4 Å². The quantitative estimate of drug-likeness (QED) is 0.784. The number of hydrogen-bond donors (Lipinski definition) is 2. The first-order chi connectivity index (χ1) is 16.5. The average Bonchev–Trinajstić information content (AvgIpc) is 2.84. The van der Waals surface area contributed by atoms with Crippen LogP contribution in [0.15, 0.2) is 24.2 Å². The van der Waals surface area contributed by atoms with Crippen LogP contribution in [0.5, 0.6) is 0 Å². The van der Waals surface area contributed by atoms with E-state index in [1.807, 2.05) is 0 Å². The fourth-order valence-corrected chi connectivity index (χ4v) is 2.71. The maximum absolute atomic E-state index is 13.3. The van der Waals surface area contributed by atoms with Gasteiger partial charge in [0.1, 0.15) is 12.1 Å². The molecule has 2 unspecified atom stereocenters. The number of amides is 2. The van der Waals surface area contributed by atoms with Crippen molar-refractivity contribution in [2.24, 2.45) is 11.8 Å². The van der Waals surface area contributed by atoms with Gasteiger partial charge in [0.2, 0.25) is 11.8 Å². The zero-order valence-corrected chi connectivity index (χ0v) is 15.7. The topological polar surface area (TPSA) is 86.7 Å². The van der Waals surface area contributed by atoms with Crippen LogP contribution in [0.2, 0.25) is 0 Å². The highest BCUT2D eigenvalue weighted by Crippen LogP contribution is 2.27. The molecule has 0 aromatic heterocycles. The first kappa shape index (κ1) is 11.0. The number of benzene rings is 1. The van der Waals surface area contributed by atoms with Crippen molar-refractivity contribution in [3.05, 3.63) is 35.3 Å². The second-order valence-electron chi connectivity index (χ2n) is 6.65. The lowest BCUT2D eigenvalue weighted by atomic mass is 9.94. The first-order valence-corrected chi connectivity index (χ1v) is 8.43. The summed E-state index contributed by atoms with van der Waals surface area (Å²) in [5.41, 5.74) is -0.248. The number of nitrogens with one attached hydrogen (secondary N) is 1. The number of Topliss-reactive ketones (excluding diaryl/α,β-unsaturated/α-hetero) is 1. The Morgan fingerprint density at radius 2 is 2.15 bits per heavy atom. The Hall–Kier alpha value is -2.21. The van der Waals surface area contributed by atoms with Gasteiger partial charge in [-0.15, -0.1) is 0 Å². The lowest BCUT2D eigenvalue weighted by molar-refractivity contribution is -0.138. The summed E-state index contributed by atoms with van der Waals surface area (Å²) in [5, 5.41) is 12.7. The van der Waals surface area contributed by atoms with Crippen LogP contribution in [-0.4, -0.2) is 46.7 Å². The summed E-state index contributed by atoms with van der Waals surface area (Å²) in [6.45, 7) is 0.0927. The third-order valence-corrected chi connectivity index (χ3v) is 4.51. The SMILES string of the molecule is [2H]c1c([2H])c([2H])c2c(c1[2H])CC([2H])(C)N(C)C(=O)[C@H]2NC(=O)[C@H](C)CC(=O)[C@@]([2H])(O)C([2H])(C)C([2H])([2H])[2H]. The number of likely N-dealkylation sites (N-methyl/N-ethyl adjacent to an activating group) is 1. The molecule has 6 heteroatoms. The number of hydrogen-bond acceptors (Lipinski definition) is 4. The monoisotopic (exact) mass is 384 g/mol. The van der Waals surface area contributed by atoms with Crippen molar-refractivity contribution in [2.45, 2.75) is 58.6 Å². The van der Waals surface area contributed by atoms with Crippen LogP contribution in [0.25, 0.3) is 0 Å². The predicted octanol–water partition coefficient (Wildman–Crippen LogP) is 1.86. The molecule has 148 valence electrons. The molecule has 27 heavy (non-hydrogen) atoms. The normalized spacial score (nSPS) is 33.9. The Kier molecular flexibility index (Phi) is 3.51. The molecule has 0 spiro atoms. The number of ketones is 1. The van der Waals surface area contributed by atoms with E-state index in [2.05, 4.69) is 5.32 Å². The average molecular weight is 385 g/mol. The van der Waals surface area contributed by atoms with Gasteiger partial charge in [-0.2, -0.15) is 0 Å². The van der Waals surface area contributed by atoms with Crippen molar-refractivity contribution in [2.75, 3.05) is 7.05 Å². The number of carbonyl (C=O) groups excluding carboxylic acids is 3. The molecule has 1 aliphatic heterocycles. The number of fused-ring (bicyclic) bond motifs is 1. The van der Waals surface area contributed by atoms with Gasteiger partial charge in [0.15, 0.2) is 5.78 Å². The van der Waals surface area contributed by atoms with E-state index < -0.39 is 85.0 Å². The molecule has 1 aromatic carbocycles. The van der Waals surface area contributed by atoms with E-state index in [0.29, 0.717) is 6.92 Å². The van der Waals surface area contributed by atoms with Crippen molar-refractivity contribution in [1.82, 2.24) is 10.2 Å². The lowest BCUT2D eigenvalue weighted by Crippen LogP contribution is -2.44. The molecule has 0 fully saturated rings. The van der Waals surface area contributed by atoms with E-state index in [9.17, 15) is 19.5 Å². The minimum Gasteiger partial charge on any atom is -0.385 e. The van der Waals surface area contributed by atoms with Gasteiger partial charge in [0, 0.05) is 30.9 Å². The van der Waals surface area contributed by atoms with Crippen LogP contribution in [0.4, 0.5) is 0 Å². The van der Waals surface area contributed by atoms with E-state index >= 15 is 0 Å². The summed E-state index contributed by atoms with van der Waals surface area (Å²) in [5.74, 6) is -7.46. The number of carbonyl (C=O) groups is 3. The van der Waals surface area contributed by atoms with Crippen molar-refractivity contribution in [1.29, 1.82) is 0 Å². The standard InChI is InChI=1S/C21H30N2O4/c1-12(2)19(25)17(24)10-13(3)20(26)22-18-16-9-7-6-8-15(16)11-14(4)23(5)21(18)27/h6-9,12-14,18-19,25H,10-11H2,1-5H3,(H,22,26)/t13-,14?,18+,19+/m1/s1/i1D3,6D,7D,8D,9D,12D,14D,19D/t12?,13-,14?,18+,19+. The smallest absolute Gasteiger partial charge is 0.249 e. The second-order valence-corrected chi connectivity index (χ2v) is 6.65. The Morgan fingerprint density at radius 3 is 2.81 bits per heavy atom. The third-order valence-electron chi connectivity index (χ3n) is 4.51. The zero-order valence-electron chi connectivity index (χ0n) is 25.7. The minimum atomic E-state index is -3.39. The van der Waals surface area contributed by atoms with Gasteiger partial charge in [0.05, 0.1) is 8.22 Å². The Labute approximate surface area is 175 Å². The summed E-state index contributed by atoms with van der Waals surface area (Å²) in [6.07, 6.45) is -4.50. The molecule has 0 bridgehead atoms. The van der Waals surface area contributed by atoms with E-state index in [-0.39, 0.29) is 17.5 Å². The van der Waals surface area contributed by atoms with Gasteiger partial charge in [-0.3, -0.25) is 14.4 Å². The van der Waals surface area contributed by atoms with Crippen molar-refractivity contribution in [3.63, 3.8) is 0 Å².